The molecule has 25 heavy (non-hydrogen) atoms. The van der Waals surface area contributed by atoms with E-state index in [0.717, 1.165) is 5.75 Å². The Morgan fingerprint density at radius 3 is 2.24 bits per heavy atom. The lowest BCUT2D eigenvalue weighted by Crippen LogP contribution is -2.13. The number of benzene rings is 2. The van der Waals surface area contributed by atoms with Gasteiger partial charge in [0.25, 0.3) is 5.91 Å². The third kappa shape index (κ3) is 5.95. The predicted molar refractivity (Wildman–Crippen MR) is 100 cm³/mol. The van der Waals surface area contributed by atoms with Crippen molar-refractivity contribution < 1.29 is 14.3 Å². The van der Waals surface area contributed by atoms with Crippen LogP contribution in [0, 0.1) is 5.92 Å². The van der Waals surface area contributed by atoms with Crippen molar-refractivity contribution in [3.63, 3.8) is 0 Å². The molecule has 5 heteroatoms. The van der Waals surface area contributed by atoms with Gasteiger partial charge in [-0.25, -0.2) is 0 Å². The molecule has 2 aromatic rings. The Labute approximate surface area is 148 Å². The highest BCUT2D eigenvalue weighted by Crippen LogP contribution is 2.18. The van der Waals surface area contributed by atoms with E-state index in [1.54, 1.807) is 55.5 Å². The van der Waals surface area contributed by atoms with Crippen molar-refractivity contribution in [2.75, 3.05) is 17.2 Å². The Morgan fingerprint density at radius 1 is 1.00 bits per heavy atom. The molecule has 0 spiro atoms. The molecule has 2 N–H and O–H groups in total. The Kier molecular flexibility index (Phi) is 6.57. The zero-order valence-corrected chi connectivity index (χ0v) is 14.8. The van der Waals surface area contributed by atoms with Crippen molar-refractivity contribution in [3.8, 4) is 5.75 Å². The molecule has 0 aliphatic heterocycles. The van der Waals surface area contributed by atoms with Crippen LogP contribution in [-0.4, -0.2) is 18.4 Å². The molecule has 132 valence electrons. The molecule has 0 radical (unpaired) electrons. The van der Waals surface area contributed by atoms with Crippen LogP contribution in [0.15, 0.2) is 48.5 Å². The van der Waals surface area contributed by atoms with Crippen LogP contribution in [0.5, 0.6) is 5.75 Å². The van der Waals surface area contributed by atoms with Gasteiger partial charge in [-0.05, 0) is 48.4 Å². The average molecular weight is 340 g/mol. The number of carbonyl (C=O) groups is 2. The van der Waals surface area contributed by atoms with Crippen LogP contribution in [0.4, 0.5) is 11.4 Å². The SMILES string of the molecule is CCC(=O)Nc1cccc(NC(=O)c2ccc(OCC(C)C)cc2)c1. The van der Waals surface area contributed by atoms with E-state index < -0.39 is 0 Å². The van der Waals surface area contributed by atoms with Gasteiger partial charge in [0.05, 0.1) is 6.61 Å². The van der Waals surface area contributed by atoms with Crippen LogP contribution in [0.25, 0.3) is 0 Å². The highest BCUT2D eigenvalue weighted by Gasteiger charge is 2.08. The minimum atomic E-state index is -0.214. The van der Waals surface area contributed by atoms with Gasteiger partial charge in [0, 0.05) is 23.4 Å². The first kappa shape index (κ1) is 18.5. The zero-order chi connectivity index (χ0) is 18.2. The summed E-state index contributed by atoms with van der Waals surface area (Å²) in [5.74, 6) is 0.910. The van der Waals surface area contributed by atoms with Crippen LogP contribution in [-0.2, 0) is 4.79 Å². The Hall–Kier alpha value is -2.82. The Balaban J connectivity index is 1.99. The van der Waals surface area contributed by atoms with Crippen molar-refractivity contribution in [1.29, 1.82) is 0 Å². The number of hydrogen-bond acceptors (Lipinski definition) is 3. The van der Waals surface area contributed by atoms with Gasteiger partial charge >= 0.3 is 0 Å². The zero-order valence-electron chi connectivity index (χ0n) is 14.8. The number of hydrogen-bond donors (Lipinski definition) is 2. The van der Waals surface area contributed by atoms with Crippen LogP contribution >= 0.6 is 0 Å². The highest BCUT2D eigenvalue weighted by molar-refractivity contribution is 6.04. The summed E-state index contributed by atoms with van der Waals surface area (Å²) in [6, 6.07) is 14.1. The standard InChI is InChI=1S/C20H24N2O3/c1-4-19(23)21-16-6-5-7-17(12-16)22-20(24)15-8-10-18(11-9-15)25-13-14(2)3/h5-12,14H,4,13H2,1-3H3,(H,21,23)(H,22,24). The van der Waals surface area contributed by atoms with Crippen LogP contribution in [0.3, 0.4) is 0 Å². The second-order valence-electron chi connectivity index (χ2n) is 6.17. The first-order valence-electron chi connectivity index (χ1n) is 8.42. The largest absolute Gasteiger partial charge is 0.493 e. The molecule has 0 bridgehead atoms. The molecule has 0 fully saturated rings. The summed E-state index contributed by atoms with van der Waals surface area (Å²) in [7, 11) is 0. The van der Waals surface area contributed by atoms with Gasteiger partial charge in [-0.2, -0.15) is 0 Å². The van der Waals surface area contributed by atoms with E-state index >= 15 is 0 Å². The molecule has 0 unspecified atom stereocenters. The number of nitrogens with one attached hydrogen (secondary N) is 2. The topological polar surface area (TPSA) is 67.4 Å². The molecule has 0 aliphatic carbocycles. The van der Waals surface area contributed by atoms with E-state index in [0.29, 0.717) is 35.9 Å². The van der Waals surface area contributed by atoms with E-state index in [2.05, 4.69) is 24.5 Å². The normalized spacial score (nSPS) is 10.4. The molecule has 5 nitrogen and oxygen atoms in total. The van der Waals surface area contributed by atoms with Crippen molar-refractivity contribution in [3.05, 3.63) is 54.1 Å². The molecule has 2 amide bonds. The van der Waals surface area contributed by atoms with Gasteiger partial charge in [0.1, 0.15) is 5.75 Å². The maximum Gasteiger partial charge on any atom is 0.255 e. The fraction of sp³-hybridized carbons (Fsp3) is 0.300. The van der Waals surface area contributed by atoms with E-state index in [1.165, 1.54) is 0 Å². The first-order valence-corrected chi connectivity index (χ1v) is 8.42. The summed E-state index contributed by atoms with van der Waals surface area (Å²) in [4.78, 5) is 23.8. The van der Waals surface area contributed by atoms with Gasteiger partial charge in [-0.15, -0.1) is 0 Å². The molecule has 2 aromatic carbocycles. The molecule has 0 heterocycles. The Morgan fingerprint density at radius 2 is 1.64 bits per heavy atom. The minimum Gasteiger partial charge on any atom is -0.493 e. The molecule has 2 rings (SSSR count). The fourth-order valence-electron chi connectivity index (χ4n) is 2.09. The van der Waals surface area contributed by atoms with E-state index in [4.69, 9.17) is 4.74 Å². The summed E-state index contributed by atoms with van der Waals surface area (Å²) in [6.45, 7) is 6.59. The van der Waals surface area contributed by atoms with Crippen LogP contribution in [0.1, 0.15) is 37.6 Å². The predicted octanol–water partition coefficient (Wildman–Crippen LogP) is 4.32. The van der Waals surface area contributed by atoms with Gasteiger partial charge in [-0.1, -0.05) is 26.8 Å². The number of carbonyl (C=O) groups excluding carboxylic acids is 2. The second-order valence-corrected chi connectivity index (χ2v) is 6.17. The van der Waals surface area contributed by atoms with Crippen molar-refractivity contribution >= 4 is 23.2 Å². The lowest BCUT2D eigenvalue weighted by molar-refractivity contribution is -0.115. The fourth-order valence-corrected chi connectivity index (χ4v) is 2.09. The summed E-state index contributed by atoms with van der Waals surface area (Å²) in [5.41, 5.74) is 1.82. The second kappa shape index (κ2) is 8.87. The third-order valence-corrected chi connectivity index (χ3v) is 3.43. The molecule has 0 aromatic heterocycles. The molecule has 0 aliphatic rings. The van der Waals surface area contributed by atoms with Gasteiger partial charge in [0.15, 0.2) is 0 Å². The lowest BCUT2D eigenvalue weighted by atomic mass is 10.2. The van der Waals surface area contributed by atoms with E-state index in [1.807, 2.05) is 0 Å². The lowest BCUT2D eigenvalue weighted by Gasteiger charge is -2.10. The monoisotopic (exact) mass is 340 g/mol. The number of rotatable bonds is 7. The average Bonchev–Trinajstić information content (AvgIpc) is 2.60. The van der Waals surface area contributed by atoms with Crippen molar-refractivity contribution in [2.45, 2.75) is 27.2 Å². The molecular formula is C20H24N2O3. The maximum atomic E-state index is 12.3. The summed E-state index contributed by atoms with van der Waals surface area (Å²) in [6.07, 6.45) is 0.405. The van der Waals surface area contributed by atoms with E-state index in [9.17, 15) is 9.59 Å². The maximum absolute atomic E-state index is 12.3. The van der Waals surface area contributed by atoms with Gasteiger partial charge in [-0.3, -0.25) is 9.59 Å². The number of ether oxygens (including phenoxy) is 1. The van der Waals surface area contributed by atoms with Gasteiger partial charge in [0.2, 0.25) is 5.91 Å². The summed E-state index contributed by atoms with van der Waals surface area (Å²) >= 11 is 0. The summed E-state index contributed by atoms with van der Waals surface area (Å²) < 4.78 is 5.61. The molecule has 0 saturated carbocycles. The van der Waals surface area contributed by atoms with Crippen molar-refractivity contribution in [2.24, 2.45) is 5.92 Å². The molecular weight excluding hydrogens is 316 g/mol. The molecule has 0 saturated heterocycles. The van der Waals surface area contributed by atoms with Crippen molar-refractivity contribution in [1.82, 2.24) is 0 Å². The minimum absolute atomic E-state index is 0.0690. The van der Waals surface area contributed by atoms with Crippen LogP contribution in [0.2, 0.25) is 0 Å². The summed E-state index contributed by atoms with van der Waals surface area (Å²) in [5, 5.41) is 5.60. The highest BCUT2D eigenvalue weighted by atomic mass is 16.5. The number of anilines is 2. The smallest absolute Gasteiger partial charge is 0.255 e. The third-order valence-electron chi connectivity index (χ3n) is 3.43. The first-order chi connectivity index (χ1) is 12.0. The quantitative estimate of drug-likeness (QED) is 0.788. The van der Waals surface area contributed by atoms with Crippen LogP contribution < -0.4 is 15.4 Å². The Bertz CT molecular complexity index is 724. The molecule has 0 atom stereocenters. The van der Waals surface area contributed by atoms with Gasteiger partial charge < -0.3 is 15.4 Å². The number of amides is 2. The van der Waals surface area contributed by atoms with E-state index in [-0.39, 0.29) is 11.8 Å².